The van der Waals surface area contributed by atoms with E-state index in [4.69, 9.17) is 5.73 Å². The molecular formula is C17H28N2. The van der Waals surface area contributed by atoms with Gasteiger partial charge in [-0.2, -0.15) is 0 Å². The van der Waals surface area contributed by atoms with E-state index in [-0.39, 0.29) is 0 Å². The molecule has 0 aliphatic carbocycles. The van der Waals surface area contributed by atoms with Gasteiger partial charge in [0.15, 0.2) is 0 Å². The van der Waals surface area contributed by atoms with Gasteiger partial charge in [-0.3, -0.25) is 4.90 Å². The fourth-order valence-electron chi connectivity index (χ4n) is 3.29. The largest absolute Gasteiger partial charge is 0.330 e. The zero-order valence-electron chi connectivity index (χ0n) is 12.4. The Labute approximate surface area is 118 Å². The number of nitrogens with zero attached hydrogens (tertiary/aromatic N) is 1. The highest BCUT2D eigenvalue weighted by atomic mass is 15.2. The van der Waals surface area contributed by atoms with E-state index in [1.165, 1.54) is 31.5 Å². The van der Waals surface area contributed by atoms with Gasteiger partial charge in [0, 0.05) is 6.04 Å². The van der Waals surface area contributed by atoms with E-state index in [1.807, 2.05) is 0 Å². The predicted octanol–water partition coefficient (Wildman–Crippen LogP) is 3.44. The second-order valence-electron chi connectivity index (χ2n) is 6.12. The molecule has 1 saturated heterocycles. The number of nitrogens with two attached hydrogens (primary N) is 1. The average molecular weight is 260 g/mol. The molecule has 0 aromatic heterocycles. The van der Waals surface area contributed by atoms with Crippen LogP contribution in [0.25, 0.3) is 0 Å². The van der Waals surface area contributed by atoms with Gasteiger partial charge in [-0.25, -0.2) is 0 Å². The van der Waals surface area contributed by atoms with E-state index < -0.39 is 0 Å². The first kappa shape index (κ1) is 14.5. The smallest absolute Gasteiger partial charge is 0.0360 e. The van der Waals surface area contributed by atoms with Crippen LogP contribution in [0, 0.1) is 11.8 Å². The number of hydrogen-bond acceptors (Lipinski definition) is 2. The topological polar surface area (TPSA) is 29.3 Å². The van der Waals surface area contributed by atoms with Crippen molar-refractivity contribution < 1.29 is 0 Å². The van der Waals surface area contributed by atoms with Crippen LogP contribution >= 0.6 is 0 Å². The molecule has 1 aromatic carbocycles. The lowest BCUT2D eigenvalue weighted by Gasteiger charge is -2.39. The number of piperidine rings is 1. The highest BCUT2D eigenvalue weighted by Crippen LogP contribution is 2.31. The Bertz CT molecular complexity index is 353. The zero-order valence-corrected chi connectivity index (χ0v) is 12.4. The molecule has 1 unspecified atom stereocenters. The van der Waals surface area contributed by atoms with Gasteiger partial charge in [0.25, 0.3) is 0 Å². The van der Waals surface area contributed by atoms with Crippen LogP contribution in [0.3, 0.4) is 0 Å². The summed E-state index contributed by atoms with van der Waals surface area (Å²) in [6, 6.07) is 11.4. The zero-order chi connectivity index (χ0) is 13.7. The Morgan fingerprint density at radius 2 is 1.79 bits per heavy atom. The Hall–Kier alpha value is -0.860. The van der Waals surface area contributed by atoms with Crippen molar-refractivity contribution in [2.45, 2.75) is 39.2 Å². The van der Waals surface area contributed by atoms with Crippen LogP contribution in [0.1, 0.15) is 44.7 Å². The maximum atomic E-state index is 5.82. The van der Waals surface area contributed by atoms with Crippen LogP contribution in [0.2, 0.25) is 0 Å². The van der Waals surface area contributed by atoms with Crippen molar-refractivity contribution in [2.75, 3.05) is 19.6 Å². The minimum atomic E-state index is 0.513. The van der Waals surface area contributed by atoms with Gasteiger partial charge in [0.2, 0.25) is 0 Å². The average Bonchev–Trinajstić information content (AvgIpc) is 2.46. The molecule has 1 atom stereocenters. The van der Waals surface area contributed by atoms with Crippen molar-refractivity contribution >= 4 is 0 Å². The minimum Gasteiger partial charge on any atom is -0.330 e. The quantitative estimate of drug-likeness (QED) is 0.878. The Balaban J connectivity index is 2.01. The molecule has 2 nitrogen and oxygen atoms in total. The Morgan fingerprint density at radius 1 is 1.16 bits per heavy atom. The Morgan fingerprint density at radius 3 is 2.32 bits per heavy atom. The SMILES string of the molecule is CC(C)C1CCN(C(CCN)c2ccccc2)CC1. The molecule has 1 heterocycles. The van der Waals surface area contributed by atoms with Crippen LogP contribution in [0.5, 0.6) is 0 Å². The summed E-state index contributed by atoms with van der Waals surface area (Å²) in [6.45, 7) is 7.93. The molecule has 0 saturated carbocycles. The van der Waals surface area contributed by atoms with Crippen LogP contribution in [0.4, 0.5) is 0 Å². The lowest BCUT2D eigenvalue weighted by molar-refractivity contribution is 0.110. The molecule has 106 valence electrons. The van der Waals surface area contributed by atoms with E-state index in [2.05, 4.69) is 49.1 Å². The molecule has 1 fully saturated rings. The van der Waals surface area contributed by atoms with Gasteiger partial charge in [-0.05, 0) is 56.3 Å². The number of hydrogen-bond donors (Lipinski definition) is 1. The van der Waals surface area contributed by atoms with Gasteiger partial charge in [-0.1, -0.05) is 44.2 Å². The first-order valence-electron chi connectivity index (χ1n) is 7.71. The summed E-state index contributed by atoms with van der Waals surface area (Å²) in [5.74, 6) is 1.73. The van der Waals surface area contributed by atoms with Crippen molar-refractivity contribution in [1.82, 2.24) is 4.90 Å². The van der Waals surface area contributed by atoms with E-state index in [1.54, 1.807) is 0 Å². The third kappa shape index (κ3) is 3.80. The van der Waals surface area contributed by atoms with Crippen molar-refractivity contribution in [3.63, 3.8) is 0 Å². The molecule has 2 heteroatoms. The highest BCUT2D eigenvalue weighted by molar-refractivity contribution is 5.19. The van der Waals surface area contributed by atoms with Gasteiger partial charge in [0.1, 0.15) is 0 Å². The second kappa shape index (κ2) is 7.06. The summed E-state index contributed by atoms with van der Waals surface area (Å²) in [4.78, 5) is 2.64. The van der Waals surface area contributed by atoms with Crippen LogP contribution in [0.15, 0.2) is 30.3 Å². The van der Waals surface area contributed by atoms with E-state index in [0.29, 0.717) is 6.04 Å². The molecule has 1 aliphatic rings. The van der Waals surface area contributed by atoms with Gasteiger partial charge in [0.05, 0.1) is 0 Å². The molecule has 0 spiro atoms. The van der Waals surface area contributed by atoms with Crippen molar-refractivity contribution in [3.05, 3.63) is 35.9 Å². The molecule has 1 aromatic rings. The summed E-state index contributed by atoms with van der Waals surface area (Å²) in [6.07, 6.45) is 3.74. The van der Waals surface area contributed by atoms with Crippen molar-refractivity contribution in [2.24, 2.45) is 17.6 Å². The van der Waals surface area contributed by atoms with E-state index in [0.717, 1.165) is 24.8 Å². The third-order valence-corrected chi connectivity index (χ3v) is 4.58. The van der Waals surface area contributed by atoms with Gasteiger partial charge >= 0.3 is 0 Å². The van der Waals surface area contributed by atoms with E-state index in [9.17, 15) is 0 Å². The summed E-state index contributed by atoms with van der Waals surface area (Å²) in [7, 11) is 0. The first-order chi connectivity index (χ1) is 9.22. The fraction of sp³-hybridized carbons (Fsp3) is 0.647. The molecule has 0 radical (unpaired) electrons. The van der Waals surface area contributed by atoms with Crippen LogP contribution < -0.4 is 5.73 Å². The minimum absolute atomic E-state index is 0.513. The summed E-state index contributed by atoms with van der Waals surface area (Å²) in [5, 5.41) is 0. The Kier molecular flexibility index (Phi) is 5.41. The highest BCUT2D eigenvalue weighted by Gasteiger charge is 2.26. The third-order valence-electron chi connectivity index (χ3n) is 4.58. The first-order valence-corrected chi connectivity index (χ1v) is 7.71. The lowest BCUT2D eigenvalue weighted by Crippen LogP contribution is -2.38. The maximum Gasteiger partial charge on any atom is 0.0360 e. The molecule has 19 heavy (non-hydrogen) atoms. The summed E-state index contributed by atoms with van der Waals surface area (Å²) >= 11 is 0. The summed E-state index contributed by atoms with van der Waals surface area (Å²) in [5.41, 5.74) is 7.25. The van der Waals surface area contributed by atoms with Crippen molar-refractivity contribution in [1.29, 1.82) is 0 Å². The van der Waals surface area contributed by atoms with E-state index >= 15 is 0 Å². The standard InChI is InChI=1S/C17H28N2/c1-14(2)15-9-12-19(13-10-15)17(8-11-18)16-6-4-3-5-7-16/h3-7,14-15,17H,8-13,18H2,1-2H3. The lowest BCUT2D eigenvalue weighted by atomic mass is 9.85. The molecule has 0 bridgehead atoms. The van der Waals surface area contributed by atoms with Crippen molar-refractivity contribution in [3.8, 4) is 0 Å². The second-order valence-corrected chi connectivity index (χ2v) is 6.12. The van der Waals surface area contributed by atoms with Crippen LogP contribution in [-0.2, 0) is 0 Å². The normalized spacial score (nSPS) is 19.8. The number of rotatable bonds is 5. The molecule has 0 amide bonds. The maximum absolute atomic E-state index is 5.82. The van der Waals surface area contributed by atoms with Crippen LogP contribution in [-0.4, -0.2) is 24.5 Å². The number of likely N-dealkylation sites (tertiary alicyclic amines) is 1. The monoisotopic (exact) mass is 260 g/mol. The molecule has 2 N–H and O–H groups in total. The molecule has 1 aliphatic heterocycles. The predicted molar refractivity (Wildman–Crippen MR) is 82.0 cm³/mol. The molecule has 2 rings (SSSR count). The van der Waals surface area contributed by atoms with Gasteiger partial charge < -0.3 is 5.73 Å². The van der Waals surface area contributed by atoms with Gasteiger partial charge in [-0.15, -0.1) is 0 Å². The fourth-order valence-corrected chi connectivity index (χ4v) is 3.29. The molecular weight excluding hydrogens is 232 g/mol. The summed E-state index contributed by atoms with van der Waals surface area (Å²) < 4.78 is 0. The number of benzene rings is 1.